The number of hydrogen-bond acceptors (Lipinski definition) is 4. The summed E-state index contributed by atoms with van der Waals surface area (Å²) in [5.74, 6) is -1.11. The van der Waals surface area contributed by atoms with Crippen molar-refractivity contribution in [2.24, 2.45) is 5.41 Å². The van der Waals surface area contributed by atoms with Gasteiger partial charge >= 0.3 is 5.97 Å². The van der Waals surface area contributed by atoms with Gasteiger partial charge in [0.05, 0.1) is 11.7 Å². The zero-order chi connectivity index (χ0) is 13.0. The molecule has 1 aromatic rings. The number of hydrogen-bond donors (Lipinski definition) is 2. The van der Waals surface area contributed by atoms with Gasteiger partial charge in [-0.25, -0.2) is 0 Å². The molecule has 0 aromatic carbocycles. The molecule has 98 valence electrons. The van der Waals surface area contributed by atoms with E-state index < -0.39 is 17.3 Å². The summed E-state index contributed by atoms with van der Waals surface area (Å²) in [6.45, 7) is 0.900. The second-order valence-corrected chi connectivity index (χ2v) is 4.36. The van der Waals surface area contributed by atoms with Crippen LogP contribution < -0.4 is 5.32 Å². The molecule has 0 radical (unpaired) electrons. The van der Waals surface area contributed by atoms with Gasteiger partial charge in [-0.15, -0.1) is 0 Å². The summed E-state index contributed by atoms with van der Waals surface area (Å²) in [6.07, 6.45) is 2.21. The van der Waals surface area contributed by atoms with Crippen molar-refractivity contribution in [2.75, 3.05) is 19.8 Å². The van der Waals surface area contributed by atoms with Crippen LogP contribution in [0.3, 0.4) is 0 Å². The Labute approximate surface area is 104 Å². The molecule has 6 heteroatoms. The van der Waals surface area contributed by atoms with Crippen molar-refractivity contribution in [3.05, 3.63) is 24.2 Å². The Morgan fingerprint density at radius 3 is 2.67 bits per heavy atom. The van der Waals surface area contributed by atoms with Gasteiger partial charge in [0.15, 0.2) is 5.76 Å². The Balaban J connectivity index is 1.98. The smallest absolute Gasteiger partial charge is 0.311 e. The quantitative estimate of drug-likeness (QED) is 0.831. The van der Waals surface area contributed by atoms with Crippen molar-refractivity contribution >= 4 is 11.9 Å². The highest BCUT2D eigenvalue weighted by molar-refractivity contribution is 5.91. The van der Waals surface area contributed by atoms with Crippen molar-refractivity contribution in [3.8, 4) is 0 Å². The van der Waals surface area contributed by atoms with Gasteiger partial charge in [0.1, 0.15) is 0 Å². The fraction of sp³-hybridized carbons (Fsp3) is 0.500. The topological polar surface area (TPSA) is 88.8 Å². The molecule has 1 saturated heterocycles. The molecular weight excluding hydrogens is 238 g/mol. The first-order valence-corrected chi connectivity index (χ1v) is 5.77. The predicted molar refractivity (Wildman–Crippen MR) is 61.2 cm³/mol. The number of aliphatic carboxylic acids is 1. The molecule has 1 aliphatic heterocycles. The molecule has 0 unspecified atom stereocenters. The number of furan rings is 1. The SMILES string of the molecule is O=C(NCC1(C(=O)O)CCOCC1)c1ccco1. The monoisotopic (exact) mass is 253 g/mol. The Morgan fingerprint density at radius 2 is 2.11 bits per heavy atom. The molecule has 18 heavy (non-hydrogen) atoms. The molecular formula is C12H15NO5. The lowest BCUT2D eigenvalue weighted by atomic mass is 9.80. The summed E-state index contributed by atoms with van der Waals surface area (Å²) in [6, 6.07) is 3.14. The molecule has 0 atom stereocenters. The molecule has 0 saturated carbocycles. The highest BCUT2D eigenvalue weighted by atomic mass is 16.5. The van der Waals surface area contributed by atoms with Gasteiger partial charge in [-0.1, -0.05) is 0 Å². The molecule has 1 amide bonds. The van der Waals surface area contributed by atoms with Gasteiger partial charge in [0.25, 0.3) is 5.91 Å². The van der Waals surface area contributed by atoms with Crippen molar-refractivity contribution < 1.29 is 23.8 Å². The van der Waals surface area contributed by atoms with Crippen molar-refractivity contribution in [3.63, 3.8) is 0 Å². The van der Waals surface area contributed by atoms with Gasteiger partial charge in [-0.3, -0.25) is 9.59 Å². The molecule has 0 bridgehead atoms. The highest BCUT2D eigenvalue weighted by Gasteiger charge is 2.40. The van der Waals surface area contributed by atoms with Crippen LogP contribution in [0.15, 0.2) is 22.8 Å². The fourth-order valence-corrected chi connectivity index (χ4v) is 1.97. The maximum Gasteiger partial charge on any atom is 0.311 e. The van der Waals surface area contributed by atoms with E-state index in [2.05, 4.69) is 5.32 Å². The molecule has 1 aliphatic rings. The minimum Gasteiger partial charge on any atom is -0.481 e. The van der Waals surface area contributed by atoms with E-state index >= 15 is 0 Å². The lowest BCUT2D eigenvalue weighted by molar-refractivity contribution is -0.154. The highest BCUT2D eigenvalue weighted by Crippen LogP contribution is 2.30. The Hall–Kier alpha value is -1.82. The van der Waals surface area contributed by atoms with Crippen molar-refractivity contribution in [1.29, 1.82) is 0 Å². The van der Waals surface area contributed by atoms with Crippen LogP contribution in [0.5, 0.6) is 0 Å². The number of amides is 1. The van der Waals surface area contributed by atoms with Crippen LogP contribution in [0.1, 0.15) is 23.4 Å². The number of carboxylic acids is 1. The largest absolute Gasteiger partial charge is 0.481 e. The summed E-state index contributed by atoms with van der Waals surface area (Å²) in [4.78, 5) is 23.0. The normalized spacial score (nSPS) is 18.2. The third-order valence-electron chi connectivity index (χ3n) is 3.24. The maximum atomic E-state index is 11.7. The van der Waals surface area contributed by atoms with Crippen LogP contribution >= 0.6 is 0 Å². The van der Waals surface area contributed by atoms with E-state index in [4.69, 9.17) is 9.15 Å². The maximum absolute atomic E-state index is 11.7. The standard InChI is InChI=1S/C12H15NO5/c14-10(9-2-1-5-18-9)13-8-12(11(15)16)3-6-17-7-4-12/h1-2,5H,3-4,6-8H2,(H,13,14)(H,15,16). The Morgan fingerprint density at radius 1 is 1.39 bits per heavy atom. The number of nitrogens with one attached hydrogen (secondary N) is 1. The lowest BCUT2D eigenvalue weighted by Gasteiger charge is -2.32. The Bertz CT molecular complexity index is 420. The molecule has 2 heterocycles. The summed E-state index contributed by atoms with van der Waals surface area (Å²) in [5, 5.41) is 11.9. The average molecular weight is 253 g/mol. The van der Waals surface area contributed by atoms with E-state index in [0.717, 1.165) is 0 Å². The van der Waals surface area contributed by atoms with Gasteiger partial charge in [-0.2, -0.15) is 0 Å². The van der Waals surface area contributed by atoms with Gasteiger partial charge in [-0.05, 0) is 25.0 Å². The third kappa shape index (κ3) is 2.53. The van der Waals surface area contributed by atoms with Crippen LogP contribution in [0.2, 0.25) is 0 Å². The minimum atomic E-state index is -0.930. The lowest BCUT2D eigenvalue weighted by Crippen LogP contribution is -2.46. The number of carbonyl (C=O) groups is 2. The van der Waals surface area contributed by atoms with Crippen LogP contribution in [-0.4, -0.2) is 36.7 Å². The number of ether oxygens (including phenoxy) is 1. The fourth-order valence-electron chi connectivity index (χ4n) is 1.97. The van der Waals surface area contributed by atoms with Crippen molar-refractivity contribution in [1.82, 2.24) is 5.32 Å². The van der Waals surface area contributed by atoms with E-state index in [0.29, 0.717) is 26.1 Å². The Kier molecular flexibility index (Phi) is 3.66. The summed E-state index contributed by atoms with van der Waals surface area (Å²) < 4.78 is 10.1. The predicted octanol–water partition coefficient (Wildman–Crippen LogP) is 0.891. The molecule has 0 spiro atoms. The van der Waals surface area contributed by atoms with E-state index in [1.54, 1.807) is 6.07 Å². The number of carboxylic acid groups (broad SMARTS) is 1. The minimum absolute atomic E-state index is 0.0885. The van der Waals surface area contributed by atoms with Crippen LogP contribution in [0.25, 0.3) is 0 Å². The summed E-state index contributed by atoms with van der Waals surface area (Å²) in [5.41, 5.74) is -0.930. The third-order valence-corrected chi connectivity index (χ3v) is 3.24. The molecule has 6 nitrogen and oxygen atoms in total. The second-order valence-electron chi connectivity index (χ2n) is 4.36. The second kappa shape index (κ2) is 5.22. The zero-order valence-corrected chi connectivity index (χ0v) is 9.85. The first-order valence-electron chi connectivity index (χ1n) is 5.77. The van der Waals surface area contributed by atoms with Gasteiger partial charge < -0.3 is 19.6 Å². The summed E-state index contributed by atoms with van der Waals surface area (Å²) in [7, 11) is 0. The number of carbonyl (C=O) groups excluding carboxylic acids is 1. The van der Waals surface area contributed by atoms with E-state index in [9.17, 15) is 14.7 Å². The van der Waals surface area contributed by atoms with Crippen molar-refractivity contribution in [2.45, 2.75) is 12.8 Å². The van der Waals surface area contributed by atoms with Crippen LogP contribution in [0, 0.1) is 5.41 Å². The van der Waals surface area contributed by atoms with E-state index in [1.165, 1.54) is 12.3 Å². The summed E-state index contributed by atoms with van der Waals surface area (Å²) >= 11 is 0. The molecule has 2 rings (SSSR count). The molecule has 1 fully saturated rings. The first-order chi connectivity index (χ1) is 8.64. The molecule has 1 aromatic heterocycles. The van der Waals surface area contributed by atoms with Gasteiger partial charge in [0.2, 0.25) is 0 Å². The van der Waals surface area contributed by atoms with Crippen LogP contribution in [-0.2, 0) is 9.53 Å². The number of rotatable bonds is 4. The van der Waals surface area contributed by atoms with E-state index in [-0.39, 0.29) is 12.3 Å². The van der Waals surface area contributed by atoms with E-state index in [1.807, 2.05) is 0 Å². The van der Waals surface area contributed by atoms with Gasteiger partial charge in [0, 0.05) is 19.8 Å². The molecule has 2 N–H and O–H groups in total. The zero-order valence-electron chi connectivity index (χ0n) is 9.85. The van der Waals surface area contributed by atoms with Crippen LogP contribution in [0.4, 0.5) is 0 Å². The average Bonchev–Trinajstić information content (AvgIpc) is 2.91. The molecule has 0 aliphatic carbocycles. The first kappa shape index (κ1) is 12.6.